The van der Waals surface area contributed by atoms with Gasteiger partial charge in [-0.05, 0) is 47.2 Å². The van der Waals surface area contributed by atoms with Gasteiger partial charge in [-0.15, -0.1) is 0 Å². The van der Waals surface area contributed by atoms with E-state index < -0.39 is 0 Å². The molecule has 110 valence electrons. The molecule has 1 aliphatic heterocycles. The van der Waals surface area contributed by atoms with E-state index in [0.29, 0.717) is 4.91 Å². The van der Waals surface area contributed by atoms with Crippen LogP contribution in [0.3, 0.4) is 0 Å². The predicted molar refractivity (Wildman–Crippen MR) is 89.9 cm³/mol. The molecule has 22 heavy (non-hydrogen) atoms. The van der Waals surface area contributed by atoms with Gasteiger partial charge in [0.05, 0.1) is 11.4 Å². The second-order valence-corrected chi connectivity index (χ2v) is 6.59. The molecule has 2 amide bonds. The van der Waals surface area contributed by atoms with Gasteiger partial charge in [-0.3, -0.25) is 19.5 Å². The van der Waals surface area contributed by atoms with Gasteiger partial charge in [0.1, 0.15) is 0 Å². The maximum atomic E-state index is 12.4. The molecule has 0 unspecified atom stereocenters. The van der Waals surface area contributed by atoms with Crippen LogP contribution < -0.4 is 0 Å². The van der Waals surface area contributed by atoms with E-state index in [1.807, 2.05) is 30.3 Å². The Morgan fingerprint density at radius 3 is 2.64 bits per heavy atom. The second-order valence-electron chi connectivity index (χ2n) is 4.68. The number of pyridine rings is 1. The molecule has 1 aromatic heterocycles. The molecule has 2 aromatic rings. The first-order valence-corrected chi connectivity index (χ1v) is 8.14. The summed E-state index contributed by atoms with van der Waals surface area (Å²) >= 11 is 4.32. The normalized spacial score (nSPS) is 16.6. The van der Waals surface area contributed by atoms with Crippen LogP contribution in [0.25, 0.3) is 6.08 Å². The Morgan fingerprint density at radius 1 is 1.18 bits per heavy atom. The van der Waals surface area contributed by atoms with Crippen LogP contribution in [-0.2, 0) is 11.3 Å². The van der Waals surface area contributed by atoms with E-state index in [1.54, 1.807) is 24.5 Å². The van der Waals surface area contributed by atoms with E-state index in [1.165, 1.54) is 4.90 Å². The number of nitrogens with zero attached hydrogens (tertiary/aromatic N) is 2. The molecule has 0 N–H and O–H groups in total. The van der Waals surface area contributed by atoms with Crippen molar-refractivity contribution in [3.63, 3.8) is 0 Å². The second kappa shape index (κ2) is 6.46. The largest absolute Gasteiger partial charge is 0.293 e. The summed E-state index contributed by atoms with van der Waals surface area (Å²) in [6.45, 7) is 0.280. The van der Waals surface area contributed by atoms with Crippen LogP contribution in [0.2, 0.25) is 0 Å². The van der Waals surface area contributed by atoms with Crippen LogP contribution in [0.1, 0.15) is 11.1 Å². The molecule has 0 spiro atoms. The van der Waals surface area contributed by atoms with Crippen molar-refractivity contribution >= 4 is 44.9 Å². The van der Waals surface area contributed by atoms with Gasteiger partial charge in [-0.1, -0.05) is 34.1 Å². The van der Waals surface area contributed by atoms with Gasteiger partial charge in [0, 0.05) is 16.9 Å². The zero-order valence-electron chi connectivity index (χ0n) is 11.4. The van der Waals surface area contributed by atoms with E-state index in [0.717, 1.165) is 27.4 Å². The predicted octanol–water partition coefficient (Wildman–Crippen LogP) is 4.08. The lowest BCUT2D eigenvalue weighted by atomic mass is 10.2. The minimum atomic E-state index is -0.262. The Hall–Kier alpha value is -1.92. The van der Waals surface area contributed by atoms with Gasteiger partial charge in [0.25, 0.3) is 11.1 Å². The maximum absolute atomic E-state index is 12.4. The summed E-state index contributed by atoms with van der Waals surface area (Å²) in [7, 11) is 0. The minimum absolute atomic E-state index is 0.247. The van der Waals surface area contributed by atoms with Crippen LogP contribution in [0.4, 0.5) is 4.79 Å². The highest BCUT2D eigenvalue weighted by Gasteiger charge is 2.34. The Morgan fingerprint density at radius 2 is 1.95 bits per heavy atom. The SMILES string of the molecule is O=C1S/C(=C\c2cccnc2)C(=O)N1Cc1ccc(Br)cc1. The zero-order valence-corrected chi connectivity index (χ0v) is 13.8. The molecule has 0 aliphatic carbocycles. The number of carbonyl (C=O) groups is 2. The number of halogens is 1. The Labute approximate surface area is 140 Å². The molecular weight excluding hydrogens is 364 g/mol. The first kappa shape index (κ1) is 15.0. The molecule has 1 saturated heterocycles. The highest BCUT2D eigenvalue weighted by atomic mass is 79.9. The van der Waals surface area contributed by atoms with Crippen LogP contribution in [0.15, 0.2) is 58.2 Å². The third kappa shape index (κ3) is 3.28. The van der Waals surface area contributed by atoms with Gasteiger partial charge in [0.15, 0.2) is 0 Å². The van der Waals surface area contributed by atoms with Crippen molar-refractivity contribution in [3.05, 3.63) is 69.3 Å². The van der Waals surface area contributed by atoms with E-state index in [2.05, 4.69) is 20.9 Å². The van der Waals surface area contributed by atoms with E-state index in [4.69, 9.17) is 0 Å². The molecule has 0 bridgehead atoms. The van der Waals surface area contributed by atoms with Crippen molar-refractivity contribution in [1.29, 1.82) is 0 Å². The molecule has 1 aliphatic rings. The summed E-state index contributed by atoms with van der Waals surface area (Å²) < 4.78 is 0.960. The number of aromatic nitrogens is 1. The molecule has 2 heterocycles. The van der Waals surface area contributed by atoms with Crippen LogP contribution in [-0.4, -0.2) is 21.0 Å². The third-order valence-corrected chi connectivity index (χ3v) is 4.55. The van der Waals surface area contributed by atoms with Crippen molar-refractivity contribution in [3.8, 4) is 0 Å². The summed E-state index contributed by atoms with van der Waals surface area (Å²) in [5, 5.41) is -0.247. The summed E-state index contributed by atoms with van der Waals surface area (Å²) in [5.74, 6) is -0.262. The third-order valence-electron chi connectivity index (χ3n) is 3.11. The number of hydrogen-bond acceptors (Lipinski definition) is 4. The number of hydrogen-bond donors (Lipinski definition) is 0. The molecule has 0 saturated carbocycles. The zero-order chi connectivity index (χ0) is 15.5. The average Bonchev–Trinajstić information content (AvgIpc) is 2.78. The number of benzene rings is 1. The first-order valence-electron chi connectivity index (χ1n) is 6.53. The van der Waals surface area contributed by atoms with Crippen LogP contribution in [0.5, 0.6) is 0 Å². The van der Waals surface area contributed by atoms with E-state index in [9.17, 15) is 9.59 Å². The van der Waals surface area contributed by atoms with Crippen molar-refractivity contribution in [2.45, 2.75) is 6.54 Å². The van der Waals surface area contributed by atoms with Crippen molar-refractivity contribution in [2.75, 3.05) is 0 Å². The van der Waals surface area contributed by atoms with Gasteiger partial charge in [-0.25, -0.2) is 0 Å². The fourth-order valence-electron chi connectivity index (χ4n) is 2.02. The molecule has 0 atom stereocenters. The number of carbonyl (C=O) groups excluding carboxylic acids is 2. The first-order chi connectivity index (χ1) is 10.6. The number of amides is 2. The molecular formula is C16H11BrN2O2S. The van der Waals surface area contributed by atoms with Gasteiger partial charge < -0.3 is 0 Å². The highest BCUT2D eigenvalue weighted by Crippen LogP contribution is 2.33. The summed E-state index contributed by atoms with van der Waals surface area (Å²) in [5.41, 5.74) is 1.71. The Bertz CT molecular complexity index is 745. The average molecular weight is 375 g/mol. The smallest absolute Gasteiger partial charge is 0.268 e. The Balaban J connectivity index is 1.80. The summed E-state index contributed by atoms with van der Waals surface area (Å²) in [4.78, 5) is 30.1. The molecule has 4 nitrogen and oxygen atoms in total. The van der Waals surface area contributed by atoms with Crippen molar-refractivity contribution in [1.82, 2.24) is 9.88 Å². The molecule has 1 fully saturated rings. The maximum Gasteiger partial charge on any atom is 0.293 e. The summed E-state index contributed by atoms with van der Waals surface area (Å²) in [6.07, 6.45) is 5.01. The van der Waals surface area contributed by atoms with Crippen molar-refractivity contribution < 1.29 is 9.59 Å². The fraction of sp³-hybridized carbons (Fsp3) is 0.0625. The van der Waals surface area contributed by atoms with E-state index >= 15 is 0 Å². The van der Waals surface area contributed by atoms with E-state index in [-0.39, 0.29) is 17.7 Å². The highest BCUT2D eigenvalue weighted by molar-refractivity contribution is 9.10. The quantitative estimate of drug-likeness (QED) is 0.759. The standard InChI is InChI=1S/C16H11BrN2O2S/c17-13-5-3-11(4-6-13)10-19-15(20)14(22-16(19)21)8-12-2-1-7-18-9-12/h1-9H,10H2/b14-8-. The monoisotopic (exact) mass is 374 g/mol. The van der Waals surface area contributed by atoms with Crippen molar-refractivity contribution in [2.24, 2.45) is 0 Å². The molecule has 1 aromatic carbocycles. The molecule has 0 radical (unpaired) electrons. The van der Waals surface area contributed by atoms with Gasteiger partial charge >= 0.3 is 0 Å². The number of thioether (sulfide) groups is 1. The lowest BCUT2D eigenvalue weighted by Crippen LogP contribution is -2.27. The lowest BCUT2D eigenvalue weighted by molar-refractivity contribution is -0.123. The fourth-order valence-corrected chi connectivity index (χ4v) is 3.12. The number of imide groups is 1. The molecule has 6 heteroatoms. The molecule has 3 rings (SSSR count). The topological polar surface area (TPSA) is 50.3 Å². The lowest BCUT2D eigenvalue weighted by Gasteiger charge is -2.12. The van der Waals surface area contributed by atoms with Crippen LogP contribution >= 0.6 is 27.7 Å². The minimum Gasteiger partial charge on any atom is -0.268 e. The summed E-state index contributed by atoms with van der Waals surface area (Å²) in [6, 6.07) is 11.2. The Kier molecular flexibility index (Phi) is 4.40. The van der Waals surface area contributed by atoms with Gasteiger partial charge in [0.2, 0.25) is 0 Å². The van der Waals surface area contributed by atoms with Crippen LogP contribution in [0, 0.1) is 0 Å². The van der Waals surface area contributed by atoms with Gasteiger partial charge in [-0.2, -0.15) is 0 Å². The number of rotatable bonds is 3.